The zero-order chi connectivity index (χ0) is 19.4. The Bertz CT molecular complexity index is 727. The molecule has 0 atom stereocenters. The lowest BCUT2D eigenvalue weighted by molar-refractivity contribution is -0.274. The summed E-state index contributed by atoms with van der Waals surface area (Å²) in [7, 11) is -3.58. The summed E-state index contributed by atoms with van der Waals surface area (Å²) >= 11 is 0. The monoisotopic (exact) mass is 394 g/mol. The van der Waals surface area contributed by atoms with Crippen LogP contribution in [0, 0.1) is 0 Å². The molecule has 1 amide bonds. The maximum absolute atomic E-state index is 12.5. The molecule has 2 N–H and O–H groups in total. The summed E-state index contributed by atoms with van der Waals surface area (Å²) in [5, 5.41) is 5.68. The predicted octanol–water partition coefficient (Wildman–Crippen LogP) is 1.41. The second-order valence-corrected chi connectivity index (χ2v) is 8.54. The van der Waals surface area contributed by atoms with E-state index in [0.717, 1.165) is 6.26 Å². The Morgan fingerprint density at radius 1 is 1.23 bits per heavy atom. The highest BCUT2D eigenvalue weighted by atomic mass is 32.2. The lowest BCUT2D eigenvalue weighted by Crippen LogP contribution is -2.57. The number of carbonyl (C=O) groups is 1. The Hall–Kier alpha value is -1.81. The van der Waals surface area contributed by atoms with Crippen molar-refractivity contribution in [2.75, 3.05) is 25.9 Å². The Labute approximate surface area is 150 Å². The number of alkyl halides is 3. The minimum absolute atomic E-state index is 0.184. The largest absolute Gasteiger partial charge is 0.573 e. The molecule has 26 heavy (non-hydrogen) atoms. The predicted molar refractivity (Wildman–Crippen MR) is 89.5 cm³/mol. The zero-order valence-electron chi connectivity index (χ0n) is 14.2. The van der Waals surface area contributed by atoms with Crippen molar-refractivity contribution >= 4 is 15.7 Å². The van der Waals surface area contributed by atoms with Crippen molar-refractivity contribution in [2.45, 2.75) is 30.4 Å². The van der Waals surface area contributed by atoms with Crippen molar-refractivity contribution in [2.24, 2.45) is 0 Å². The molecular formula is C16H21F3N2O4S. The molecule has 0 radical (unpaired) electrons. The van der Waals surface area contributed by atoms with Crippen LogP contribution in [0.2, 0.25) is 0 Å². The van der Waals surface area contributed by atoms with Crippen molar-refractivity contribution in [3.05, 3.63) is 29.8 Å². The number of ether oxygens (including phenoxy) is 1. The van der Waals surface area contributed by atoms with Gasteiger partial charge >= 0.3 is 6.36 Å². The summed E-state index contributed by atoms with van der Waals surface area (Å²) in [4.78, 5) is 12.5. The van der Waals surface area contributed by atoms with Gasteiger partial charge in [0, 0.05) is 12.8 Å². The molecule has 1 heterocycles. The number of piperidine rings is 1. The van der Waals surface area contributed by atoms with Crippen LogP contribution >= 0.6 is 0 Å². The van der Waals surface area contributed by atoms with Crippen LogP contribution in [0.5, 0.6) is 5.75 Å². The SMILES string of the molecule is CS(=O)(=O)C1(C(=O)NCCc2ccc(OC(F)(F)F)cc2)CCNCC1. The second-order valence-electron chi connectivity index (χ2n) is 6.21. The molecule has 1 aromatic carbocycles. The van der Waals surface area contributed by atoms with Crippen LogP contribution in [0.25, 0.3) is 0 Å². The summed E-state index contributed by atoms with van der Waals surface area (Å²) in [6, 6.07) is 5.30. The van der Waals surface area contributed by atoms with Crippen molar-refractivity contribution in [3.63, 3.8) is 0 Å². The van der Waals surface area contributed by atoms with E-state index in [1.165, 1.54) is 24.3 Å². The highest BCUT2D eigenvalue weighted by Crippen LogP contribution is 2.28. The van der Waals surface area contributed by atoms with Gasteiger partial charge < -0.3 is 15.4 Å². The van der Waals surface area contributed by atoms with E-state index in [9.17, 15) is 26.4 Å². The van der Waals surface area contributed by atoms with Crippen LogP contribution in [0.4, 0.5) is 13.2 Å². The number of benzene rings is 1. The quantitative estimate of drug-likeness (QED) is 0.762. The van der Waals surface area contributed by atoms with Gasteiger partial charge in [0.05, 0.1) is 0 Å². The normalized spacial score (nSPS) is 17.5. The Morgan fingerprint density at radius 3 is 2.31 bits per heavy atom. The minimum Gasteiger partial charge on any atom is -0.406 e. The van der Waals surface area contributed by atoms with Crippen molar-refractivity contribution in [1.82, 2.24) is 10.6 Å². The molecule has 0 saturated carbocycles. The number of halogens is 3. The summed E-state index contributed by atoms with van der Waals surface area (Å²) in [6.07, 6.45) is -2.90. The standard InChI is InChI=1S/C16H21F3N2O4S/c1-26(23,24)15(7-10-20-11-8-15)14(22)21-9-6-12-2-4-13(5-3-12)25-16(17,18)19/h2-5,20H,6-11H2,1H3,(H,21,22). The lowest BCUT2D eigenvalue weighted by atomic mass is 9.95. The lowest BCUT2D eigenvalue weighted by Gasteiger charge is -2.34. The summed E-state index contributed by atoms with van der Waals surface area (Å²) in [5.74, 6) is -0.852. The van der Waals surface area contributed by atoms with Gasteiger partial charge in [0.15, 0.2) is 14.6 Å². The third kappa shape index (κ3) is 5.10. The van der Waals surface area contributed by atoms with Crippen molar-refractivity contribution in [1.29, 1.82) is 0 Å². The molecule has 0 bridgehead atoms. The number of carbonyl (C=O) groups excluding carboxylic acids is 1. The van der Waals surface area contributed by atoms with Gasteiger partial charge in [-0.3, -0.25) is 4.79 Å². The number of hydrogen-bond acceptors (Lipinski definition) is 5. The first-order valence-corrected chi connectivity index (χ1v) is 9.96. The molecule has 0 unspecified atom stereocenters. The van der Waals surface area contributed by atoms with E-state index in [1.54, 1.807) is 0 Å². The summed E-state index contributed by atoms with van der Waals surface area (Å²) in [6.45, 7) is 1.07. The third-order valence-corrected chi connectivity index (χ3v) is 6.40. The van der Waals surface area contributed by atoms with E-state index >= 15 is 0 Å². The van der Waals surface area contributed by atoms with Crippen LogP contribution in [-0.4, -0.2) is 51.3 Å². The molecule has 1 fully saturated rings. The molecule has 146 valence electrons. The van der Waals surface area contributed by atoms with Gasteiger partial charge in [-0.1, -0.05) is 12.1 Å². The van der Waals surface area contributed by atoms with E-state index in [-0.39, 0.29) is 25.1 Å². The highest BCUT2D eigenvalue weighted by Gasteiger charge is 2.48. The van der Waals surface area contributed by atoms with E-state index < -0.39 is 26.9 Å². The van der Waals surface area contributed by atoms with Crippen LogP contribution in [0.1, 0.15) is 18.4 Å². The first-order chi connectivity index (χ1) is 12.0. The number of rotatable bonds is 6. The number of sulfone groups is 1. The molecule has 0 spiro atoms. The first-order valence-electron chi connectivity index (χ1n) is 8.07. The van der Waals surface area contributed by atoms with E-state index in [0.29, 0.717) is 25.1 Å². The first kappa shape index (κ1) is 20.5. The molecule has 1 saturated heterocycles. The summed E-state index contributed by atoms with van der Waals surface area (Å²) in [5.41, 5.74) is 0.693. The Kier molecular flexibility index (Phi) is 6.17. The molecule has 1 aliphatic rings. The van der Waals surface area contributed by atoms with Gasteiger partial charge in [0.2, 0.25) is 5.91 Å². The number of amides is 1. The van der Waals surface area contributed by atoms with Gasteiger partial charge in [-0.25, -0.2) is 8.42 Å². The molecule has 2 rings (SSSR count). The fourth-order valence-corrected chi connectivity index (χ4v) is 4.29. The van der Waals surface area contributed by atoms with Gasteiger partial charge in [-0.05, 0) is 50.0 Å². The fraction of sp³-hybridized carbons (Fsp3) is 0.562. The van der Waals surface area contributed by atoms with Gasteiger partial charge in [-0.15, -0.1) is 13.2 Å². The number of hydrogen-bond donors (Lipinski definition) is 2. The molecular weight excluding hydrogens is 373 g/mol. The van der Waals surface area contributed by atoms with Crippen LogP contribution in [0.15, 0.2) is 24.3 Å². The Morgan fingerprint density at radius 2 is 1.81 bits per heavy atom. The van der Waals surface area contributed by atoms with E-state index in [1.807, 2.05) is 0 Å². The third-order valence-electron chi connectivity index (χ3n) is 4.39. The zero-order valence-corrected chi connectivity index (χ0v) is 15.0. The second kappa shape index (κ2) is 7.83. The maximum atomic E-state index is 12.5. The van der Waals surface area contributed by atoms with Crippen LogP contribution in [0.3, 0.4) is 0 Å². The van der Waals surface area contributed by atoms with Gasteiger partial charge in [-0.2, -0.15) is 0 Å². The van der Waals surface area contributed by atoms with Gasteiger partial charge in [0.1, 0.15) is 5.75 Å². The van der Waals surface area contributed by atoms with Gasteiger partial charge in [0.25, 0.3) is 0 Å². The molecule has 1 aliphatic heterocycles. The Balaban J connectivity index is 1.93. The van der Waals surface area contributed by atoms with Crippen LogP contribution in [-0.2, 0) is 21.1 Å². The van der Waals surface area contributed by atoms with E-state index in [2.05, 4.69) is 15.4 Å². The average Bonchev–Trinajstić information content (AvgIpc) is 2.54. The molecule has 10 heteroatoms. The maximum Gasteiger partial charge on any atom is 0.573 e. The molecule has 6 nitrogen and oxygen atoms in total. The smallest absolute Gasteiger partial charge is 0.406 e. The average molecular weight is 394 g/mol. The minimum atomic E-state index is -4.75. The highest BCUT2D eigenvalue weighted by molar-refractivity contribution is 7.92. The van der Waals surface area contributed by atoms with Crippen LogP contribution < -0.4 is 15.4 Å². The summed E-state index contributed by atoms with van der Waals surface area (Å²) < 4.78 is 63.0. The number of nitrogens with one attached hydrogen (secondary N) is 2. The van der Waals surface area contributed by atoms with Crippen molar-refractivity contribution < 1.29 is 31.1 Å². The molecule has 0 aromatic heterocycles. The molecule has 0 aliphatic carbocycles. The van der Waals surface area contributed by atoms with E-state index in [4.69, 9.17) is 0 Å². The fourth-order valence-electron chi connectivity index (χ4n) is 2.94. The molecule has 1 aromatic rings. The van der Waals surface area contributed by atoms with Crippen molar-refractivity contribution in [3.8, 4) is 5.75 Å². The topological polar surface area (TPSA) is 84.5 Å².